The maximum absolute atomic E-state index is 2.53. The molecule has 0 saturated carbocycles. The number of aryl methyl sites for hydroxylation is 1. The van der Waals surface area contributed by atoms with E-state index in [0.29, 0.717) is 6.04 Å². The van der Waals surface area contributed by atoms with Gasteiger partial charge in [-0.05, 0) is 51.9 Å². The van der Waals surface area contributed by atoms with Gasteiger partial charge in [-0.3, -0.25) is 0 Å². The molecule has 0 bridgehead atoms. The molecule has 0 aliphatic carbocycles. The molecule has 0 radical (unpaired) electrons. The number of hydrogen-bond donors (Lipinski definition) is 0. The molecule has 3 rings (SSSR count). The highest BCUT2D eigenvalue weighted by Crippen LogP contribution is 2.32. The molecule has 1 aliphatic heterocycles. The smallest absolute Gasteiger partial charge is 0.0485 e. The van der Waals surface area contributed by atoms with E-state index in [9.17, 15) is 0 Å². The van der Waals surface area contributed by atoms with Crippen LogP contribution in [0, 0.1) is 0 Å². The van der Waals surface area contributed by atoms with Gasteiger partial charge in [-0.15, -0.1) is 0 Å². The summed E-state index contributed by atoms with van der Waals surface area (Å²) < 4.78 is 2.53. The summed E-state index contributed by atoms with van der Waals surface area (Å²) in [6.45, 7) is 3.51. The van der Waals surface area contributed by atoms with Crippen molar-refractivity contribution in [3.63, 3.8) is 0 Å². The Morgan fingerprint density at radius 2 is 2.06 bits per heavy atom. The van der Waals surface area contributed by atoms with Gasteiger partial charge in [-0.25, -0.2) is 0 Å². The minimum atomic E-state index is 0.598. The van der Waals surface area contributed by atoms with Crippen LogP contribution in [0.25, 0.3) is 10.9 Å². The fourth-order valence-electron chi connectivity index (χ4n) is 3.08. The largest absolute Gasteiger partial charge is 0.344 e. The Balaban J connectivity index is 2.10. The second-order valence-corrected chi connectivity index (χ2v) is 5.71. The third kappa shape index (κ3) is 1.76. The van der Waals surface area contributed by atoms with E-state index >= 15 is 0 Å². The fraction of sp³-hybridized carbons (Fsp3) is 0.500. The van der Waals surface area contributed by atoms with Gasteiger partial charge in [0.25, 0.3) is 0 Å². The normalized spacial score (nSPS) is 16.4. The summed E-state index contributed by atoms with van der Waals surface area (Å²) in [6.07, 6.45) is 3.73. The number of benzene rings is 1. The van der Waals surface area contributed by atoms with Gasteiger partial charge in [0.05, 0.1) is 0 Å². The van der Waals surface area contributed by atoms with Crippen LogP contribution in [0.3, 0.4) is 0 Å². The summed E-state index contributed by atoms with van der Waals surface area (Å²) in [5.41, 5.74) is 4.61. The molecule has 96 valence electrons. The molecule has 1 aromatic heterocycles. The van der Waals surface area contributed by atoms with Gasteiger partial charge >= 0.3 is 0 Å². The summed E-state index contributed by atoms with van der Waals surface area (Å²) in [7, 11) is 4.34. The van der Waals surface area contributed by atoms with Crippen molar-refractivity contribution in [2.45, 2.75) is 38.8 Å². The van der Waals surface area contributed by atoms with Gasteiger partial charge in [0, 0.05) is 29.2 Å². The quantitative estimate of drug-likeness (QED) is 0.803. The van der Waals surface area contributed by atoms with E-state index in [-0.39, 0.29) is 0 Å². The first kappa shape index (κ1) is 11.8. The molecule has 0 fully saturated rings. The SMILES string of the molecule is CC(Cc1c2n(c3ccccc13)CCC2)N(C)C. The average Bonchev–Trinajstić information content (AvgIpc) is 2.92. The highest BCUT2D eigenvalue weighted by Gasteiger charge is 2.22. The zero-order valence-corrected chi connectivity index (χ0v) is 11.6. The Morgan fingerprint density at radius 3 is 2.83 bits per heavy atom. The summed E-state index contributed by atoms with van der Waals surface area (Å²) in [6, 6.07) is 9.49. The van der Waals surface area contributed by atoms with E-state index < -0.39 is 0 Å². The Hall–Kier alpha value is -1.28. The van der Waals surface area contributed by atoms with Crippen molar-refractivity contribution in [2.75, 3.05) is 14.1 Å². The maximum Gasteiger partial charge on any atom is 0.0485 e. The molecule has 0 spiro atoms. The van der Waals surface area contributed by atoms with E-state index in [1.165, 1.54) is 30.3 Å². The zero-order valence-electron chi connectivity index (χ0n) is 11.6. The van der Waals surface area contributed by atoms with Crippen LogP contribution in [0.4, 0.5) is 0 Å². The van der Waals surface area contributed by atoms with E-state index in [1.54, 1.807) is 11.3 Å². The van der Waals surface area contributed by atoms with Gasteiger partial charge in [0.2, 0.25) is 0 Å². The van der Waals surface area contributed by atoms with E-state index in [0.717, 1.165) is 6.42 Å². The first-order valence-electron chi connectivity index (χ1n) is 6.94. The monoisotopic (exact) mass is 242 g/mol. The molecule has 2 nitrogen and oxygen atoms in total. The summed E-state index contributed by atoms with van der Waals surface area (Å²) >= 11 is 0. The molecule has 2 heterocycles. The summed E-state index contributed by atoms with van der Waals surface area (Å²) in [5, 5.41) is 1.47. The van der Waals surface area contributed by atoms with Crippen LogP contribution in [-0.2, 0) is 19.4 Å². The average molecular weight is 242 g/mol. The summed E-state index contributed by atoms with van der Waals surface area (Å²) in [5.74, 6) is 0. The third-order valence-corrected chi connectivity index (χ3v) is 4.37. The van der Waals surface area contributed by atoms with Crippen LogP contribution in [0.2, 0.25) is 0 Å². The van der Waals surface area contributed by atoms with E-state index in [2.05, 4.69) is 54.8 Å². The lowest BCUT2D eigenvalue weighted by Crippen LogP contribution is -2.26. The number of para-hydroxylation sites is 1. The molecule has 18 heavy (non-hydrogen) atoms. The Kier molecular flexibility index (Phi) is 2.90. The lowest BCUT2D eigenvalue weighted by atomic mass is 10.0. The van der Waals surface area contributed by atoms with Crippen molar-refractivity contribution in [3.05, 3.63) is 35.5 Å². The highest BCUT2D eigenvalue weighted by atomic mass is 15.1. The molecule has 2 aromatic rings. The molecular formula is C16H22N2. The third-order valence-electron chi connectivity index (χ3n) is 4.37. The number of likely N-dealkylation sites (N-methyl/N-ethyl adjacent to an activating group) is 1. The van der Waals surface area contributed by atoms with Crippen LogP contribution >= 0.6 is 0 Å². The number of nitrogens with zero attached hydrogens (tertiary/aromatic N) is 2. The maximum atomic E-state index is 2.53. The van der Waals surface area contributed by atoms with Crippen LogP contribution in [0.5, 0.6) is 0 Å². The number of rotatable bonds is 3. The van der Waals surface area contributed by atoms with Crippen molar-refractivity contribution in [3.8, 4) is 0 Å². The molecule has 1 aliphatic rings. The van der Waals surface area contributed by atoms with Crippen LogP contribution in [0.15, 0.2) is 24.3 Å². The van der Waals surface area contributed by atoms with Crippen molar-refractivity contribution in [1.82, 2.24) is 9.47 Å². The summed E-state index contributed by atoms with van der Waals surface area (Å²) in [4.78, 5) is 2.31. The minimum Gasteiger partial charge on any atom is -0.344 e. The lowest BCUT2D eigenvalue weighted by Gasteiger charge is -2.20. The molecule has 2 heteroatoms. The lowest BCUT2D eigenvalue weighted by molar-refractivity contribution is 0.312. The second-order valence-electron chi connectivity index (χ2n) is 5.71. The predicted octanol–water partition coefficient (Wildman–Crippen LogP) is 3.08. The molecule has 0 saturated heterocycles. The zero-order chi connectivity index (χ0) is 12.7. The fourth-order valence-corrected chi connectivity index (χ4v) is 3.08. The predicted molar refractivity (Wildman–Crippen MR) is 77.1 cm³/mol. The molecule has 1 aromatic carbocycles. The van der Waals surface area contributed by atoms with Gasteiger partial charge in [-0.1, -0.05) is 18.2 Å². The number of hydrogen-bond acceptors (Lipinski definition) is 1. The van der Waals surface area contributed by atoms with E-state index in [1.807, 2.05) is 0 Å². The van der Waals surface area contributed by atoms with Crippen molar-refractivity contribution in [2.24, 2.45) is 0 Å². The van der Waals surface area contributed by atoms with Crippen LogP contribution in [0.1, 0.15) is 24.6 Å². The van der Waals surface area contributed by atoms with Crippen molar-refractivity contribution < 1.29 is 0 Å². The van der Waals surface area contributed by atoms with Gasteiger partial charge < -0.3 is 9.47 Å². The van der Waals surface area contributed by atoms with Crippen LogP contribution < -0.4 is 0 Å². The standard InChI is InChI=1S/C16H22N2/c1-12(17(2)3)11-14-13-7-4-5-8-15(13)18-10-6-9-16(14)18/h4-5,7-8,12H,6,9-11H2,1-3H3. The van der Waals surface area contributed by atoms with E-state index in [4.69, 9.17) is 0 Å². The van der Waals surface area contributed by atoms with Gasteiger partial charge in [-0.2, -0.15) is 0 Å². The van der Waals surface area contributed by atoms with Gasteiger partial charge in [0.15, 0.2) is 0 Å². The molecule has 0 N–H and O–H groups in total. The Bertz CT molecular complexity index is 566. The molecule has 1 unspecified atom stereocenters. The van der Waals surface area contributed by atoms with Gasteiger partial charge in [0.1, 0.15) is 0 Å². The Morgan fingerprint density at radius 1 is 1.28 bits per heavy atom. The van der Waals surface area contributed by atoms with Crippen molar-refractivity contribution in [1.29, 1.82) is 0 Å². The first-order chi connectivity index (χ1) is 8.68. The molecule has 0 amide bonds. The number of aromatic nitrogens is 1. The molecule has 1 atom stereocenters. The topological polar surface area (TPSA) is 8.17 Å². The number of fused-ring (bicyclic) bond motifs is 3. The first-order valence-corrected chi connectivity index (χ1v) is 6.94. The van der Waals surface area contributed by atoms with Crippen LogP contribution in [-0.4, -0.2) is 29.6 Å². The highest BCUT2D eigenvalue weighted by molar-refractivity contribution is 5.86. The Labute approximate surface area is 109 Å². The molecular weight excluding hydrogens is 220 g/mol. The second kappa shape index (κ2) is 4.43. The van der Waals surface area contributed by atoms with Crippen molar-refractivity contribution >= 4 is 10.9 Å². The minimum absolute atomic E-state index is 0.598.